The lowest BCUT2D eigenvalue weighted by atomic mass is 9.95. The van der Waals surface area contributed by atoms with E-state index in [4.69, 9.17) is 0 Å². The number of Topliss-reactive ketones (excluding diaryl/α,β-unsaturated/α-hetero) is 1. The minimum absolute atomic E-state index is 0.0426. The van der Waals surface area contributed by atoms with Gasteiger partial charge in [0.15, 0.2) is 0 Å². The van der Waals surface area contributed by atoms with Crippen LogP contribution in [-0.4, -0.2) is 41.3 Å². The van der Waals surface area contributed by atoms with E-state index in [0.717, 1.165) is 10.5 Å². The number of amides is 1. The molecule has 6 nitrogen and oxygen atoms in total. The third-order valence-electron chi connectivity index (χ3n) is 4.51. The molecule has 0 saturated carbocycles. The standard InChI is InChI=1S/C21H19NO5/c1-13-8-10-14(11-9-13)18-17(19(24)15-6-4-3-5-7-15)20(25)21(26)22(18)12-16(23)27-2/h3-11,18,24H,12H2,1-2H3/t18-/m1/s1. The highest BCUT2D eigenvalue weighted by Gasteiger charge is 2.46. The molecule has 1 heterocycles. The summed E-state index contributed by atoms with van der Waals surface area (Å²) >= 11 is 0. The number of ketones is 1. The molecule has 0 unspecified atom stereocenters. The molecule has 0 bridgehead atoms. The third kappa shape index (κ3) is 3.46. The SMILES string of the molecule is COC(=O)CN1C(=O)C(=O)C(=C(O)c2ccccc2)[C@H]1c1ccc(C)cc1. The fraction of sp³-hybridized carbons (Fsp3) is 0.190. The maximum absolute atomic E-state index is 12.7. The largest absolute Gasteiger partial charge is 0.507 e. The van der Waals surface area contributed by atoms with Crippen LogP contribution in [0.5, 0.6) is 0 Å². The van der Waals surface area contributed by atoms with E-state index in [1.54, 1.807) is 42.5 Å². The number of carbonyl (C=O) groups is 3. The Labute approximate surface area is 156 Å². The highest BCUT2D eigenvalue weighted by Crippen LogP contribution is 2.39. The van der Waals surface area contributed by atoms with Crippen molar-refractivity contribution >= 4 is 23.4 Å². The van der Waals surface area contributed by atoms with Gasteiger partial charge in [-0.1, -0.05) is 60.2 Å². The number of aliphatic hydroxyl groups excluding tert-OH is 1. The van der Waals surface area contributed by atoms with Crippen LogP contribution in [0.25, 0.3) is 5.76 Å². The predicted octanol–water partition coefficient (Wildman–Crippen LogP) is 2.59. The Bertz CT molecular complexity index is 915. The smallest absolute Gasteiger partial charge is 0.325 e. The second-order valence-corrected chi connectivity index (χ2v) is 6.28. The molecule has 1 aliphatic heterocycles. The number of nitrogens with zero attached hydrogens (tertiary/aromatic N) is 1. The number of aliphatic hydroxyl groups is 1. The van der Waals surface area contributed by atoms with E-state index in [-0.39, 0.29) is 17.9 Å². The van der Waals surface area contributed by atoms with E-state index in [2.05, 4.69) is 4.74 Å². The van der Waals surface area contributed by atoms with Crippen LogP contribution in [0.3, 0.4) is 0 Å². The Balaban J connectivity index is 2.17. The summed E-state index contributed by atoms with van der Waals surface area (Å²) in [5, 5.41) is 10.8. The fourth-order valence-corrected chi connectivity index (χ4v) is 3.09. The minimum atomic E-state index is -0.870. The van der Waals surface area contributed by atoms with E-state index >= 15 is 0 Å². The van der Waals surface area contributed by atoms with Gasteiger partial charge < -0.3 is 14.7 Å². The fourth-order valence-electron chi connectivity index (χ4n) is 3.09. The number of carbonyl (C=O) groups excluding carboxylic acids is 3. The molecule has 6 heteroatoms. The molecule has 1 saturated heterocycles. The zero-order chi connectivity index (χ0) is 19.6. The monoisotopic (exact) mass is 365 g/mol. The van der Waals surface area contributed by atoms with Crippen LogP contribution in [0, 0.1) is 6.92 Å². The molecule has 2 aromatic rings. The number of methoxy groups -OCH3 is 1. The highest BCUT2D eigenvalue weighted by molar-refractivity contribution is 6.46. The normalized spacial score (nSPS) is 18.6. The van der Waals surface area contributed by atoms with Crippen molar-refractivity contribution in [3.63, 3.8) is 0 Å². The van der Waals surface area contributed by atoms with Crippen molar-refractivity contribution < 1.29 is 24.2 Å². The quantitative estimate of drug-likeness (QED) is 0.390. The van der Waals surface area contributed by atoms with Crippen molar-refractivity contribution in [1.29, 1.82) is 0 Å². The summed E-state index contributed by atoms with van der Waals surface area (Å²) in [5.74, 6) is -2.59. The first-order chi connectivity index (χ1) is 12.9. The summed E-state index contributed by atoms with van der Waals surface area (Å²) in [6.45, 7) is 1.53. The lowest BCUT2D eigenvalue weighted by Gasteiger charge is -2.24. The van der Waals surface area contributed by atoms with Crippen LogP contribution in [0.2, 0.25) is 0 Å². The topological polar surface area (TPSA) is 83.9 Å². The Morgan fingerprint density at radius 1 is 1.07 bits per heavy atom. The number of esters is 1. The number of hydrogen-bond donors (Lipinski definition) is 1. The number of likely N-dealkylation sites (tertiary alicyclic amines) is 1. The van der Waals surface area contributed by atoms with Crippen LogP contribution >= 0.6 is 0 Å². The first-order valence-electron chi connectivity index (χ1n) is 8.41. The number of ether oxygens (including phenoxy) is 1. The van der Waals surface area contributed by atoms with Gasteiger partial charge in [-0.05, 0) is 12.5 Å². The molecule has 1 atom stereocenters. The van der Waals surface area contributed by atoms with Crippen LogP contribution in [0.4, 0.5) is 0 Å². The van der Waals surface area contributed by atoms with E-state index in [9.17, 15) is 19.5 Å². The molecular weight excluding hydrogens is 346 g/mol. The summed E-state index contributed by atoms with van der Waals surface area (Å²) < 4.78 is 4.66. The molecule has 1 N–H and O–H groups in total. The van der Waals surface area contributed by atoms with Crippen molar-refractivity contribution in [3.8, 4) is 0 Å². The average molecular weight is 365 g/mol. The van der Waals surface area contributed by atoms with Gasteiger partial charge in [0.25, 0.3) is 11.7 Å². The van der Waals surface area contributed by atoms with E-state index in [1.807, 2.05) is 19.1 Å². The lowest BCUT2D eigenvalue weighted by Crippen LogP contribution is -2.35. The zero-order valence-electron chi connectivity index (χ0n) is 15.0. The number of rotatable bonds is 4. The Morgan fingerprint density at radius 2 is 1.70 bits per heavy atom. The summed E-state index contributed by atoms with van der Waals surface area (Å²) in [7, 11) is 1.21. The first kappa shape index (κ1) is 18.4. The highest BCUT2D eigenvalue weighted by atomic mass is 16.5. The van der Waals surface area contributed by atoms with E-state index < -0.39 is 23.7 Å². The van der Waals surface area contributed by atoms with Crippen molar-refractivity contribution in [2.24, 2.45) is 0 Å². The maximum Gasteiger partial charge on any atom is 0.325 e. The third-order valence-corrected chi connectivity index (χ3v) is 4.51. The molecule has 0 aromatic heterocycles. The number of aryl methyl sites for hydroxylation is 1. The molecule has 3 rings (SSSR count). The van der Waals surface area contributed by atoms with Crippen molar-refractivity contribution in [1.82, 2.24) is 4.90 Å². The number of benzene rings is 2. The van der Waals surface area contributed by atoms with Gasteiger partial charge >= 0.3 is 5.97 Å². The van der Waals surface area contributed by atoms with Crippen LogP contribution < -0.4 is 0 Å². The van der Waals surface area contributed by atoms with Gasteiger partial charge in [-0.25, -0.2) is 0 Å². The van der Waals surface area contributed by atoms with Gasteiger partial charge in [-0.3, -0.25) is 14.4 Å². The van der Waals surface area contributed by atoms with Gasteiger partial charge in [-0.15, -0.1) is 0 Å². The van der Waals surface area contributed by atoms with Crippen molar-refractivity contribution in [2.75, 3.05) is 13.7 Å². The summed E-state index contributed by atoms with van der Waals surface area (Å²) in [5.41, 5.74) is 2.01. The molecule has 1 aliphatic rings. The van der Waals surface area contributed by atoms with Crippen LogP contribution in [0.15, 0.2) is 60.2 Å². The second-order valence-electron chi connectivity index (χ2n) is 6.28. The zero-order valence-corrected chi connectivity index (χ0v) is 15.0. The molecule has 0 aliphatic carbocycles. The molecule has 27 heavy (non-hydrogen) atoms. The Morgan fingerprint density at radius 3 is 2.30 bits per heavy atom. The van der Waals surface area contributed by atoms with Gasteiger partial charge in [0, 0.05) is 5.56 Å². The molecule has 0 radical (unpaired) electrons. The van der Waals surface area contributed by atoms with E-state index in [1.165, 1.54) is 7.11 Å². The lowest BCUT2D eigenvalue weighted by molar-refractivity contribution is -0.148. The van der Waals surface area contributed by atoms with Crippen LogP contribution in [-0.2, 0) is 19.1 Å². The van der Waals surface area contributed by atoms with E-state index in [0.29, 0.717) is 11.1 Å². The molecule has 1 fully saturated rings. The second kappa shape index (κ2) is 7.45. The van der Waals surface area contributed by atoms with Crippen molar-refractivity contribution in [3.05, 3.63) is 76.9 Å². The summed E-state index contributed by atoms with van der Waals surface area (Å²) in [6, 6.07) is 14.9. The molecular formula is C21H19NO5. The van der Waals surface area contributed by atoms with Crippen molar-refractivity contribution in [2.45, 2.75) is 13.0 Å². The van der Waals surface area contributed by atoms with Gasteiger partial charge in [0.1, 0.15) is 12.3 Å². The summed E-state index contributed by atoms with van der Waals surface area (Å²) in [4.78, 5) is 38.2. The molecule has 2 aromatic carbocycles. The van der Waals surface area contributed by atoms with Gasteiger partial charge in [0.2, 0.25) is 0 Å². The van der Waals surface area contributed by atoms with Crippen LogP contribution in [0.1, 0.15) is 22.7 Å². The molecule has 138 valence electrons. The Hall–Kier alpha value is -3.41. The van der Waals surface area contributed by atoms with Gasteiger partial charge in [-0.2, -0.15) is 0 Å². The summed E-state index contributed by atoms with van der Waals surface area (Å²) in [6.07, 6.45) is 0. The molecule has 1 amide bonds. The predicted molar refractivity (Wildman–Crippen MR) is 98.6 cm³/mol. The number of hydrogen-bond acceptors (Lipinski definition) is 5. The maximum atomic E-state index is 12.7. The first-order valence-corrected chi connectivity index (χ1v) is 8.41. The Kier molecular flexibility index (Phi) is 5.07. The minimum Gasteiger partial charge on any atom is -0.507 e. The van der Waals surface area contributed by atoms with Gasteiger partial charge in [0.05, 0.1) is 18.7 Å². The molecule has 0 spiro atoms. The average Bonchev–Trinajstić information content (AvgIpc) is 2.93.